The highest BCUT2D eigenvalue weighted by Gasteiger charge is 2.07. The quantitative estimate of drug-likeness (QED) is 0.0788. The first kappa shape index (κ1) is 83.3. The summed E-state index contributed by atoms with van der Waals surface area (Å²) in [5.41, 5.74) is 0. The predicted molar refractivity (Wildman–Crippen MR) is 310 cm³/mol. The third kappa shape index (κ3) is 78.4. The van der Waals surface area contributed by atoms with Gasteiger partial charge in [0, 0.05) is 18.8 Å². The van der Waals surface area contributed by atoms with Gasteiger partial charge < -0.3 is 118 Å². The minimum absolute atomic E-state index is 0.0499. The third-order valence-electron chi connectivity index (χ3n) is 10.7. The smallest absolute Gasteiger partial charge is 0.137 e. The van der Waals surface area contributed by atoms with Crippen LogP contribution < -0.4 is 0 Å². The van der Waals surface area contributed by atoms with Gasteiger partial charge in [0.05, 0.1) is 330 Å². The molecule has 0 aliphatic carbocycles. The highest BCUT2D eigenvalue weighted by molar-refractivity contribution is 5.80. The van der Waals surface area contributed by atoms with Crippen LogP contribution in [0, 0.1) is 5.92 Å². The maximum atomic E-state index is 11.5. The number of ether oxygens (including phenoxy) is 25. The van der Waals surface area contributed by atoms with Gasteiger partial charge in [-0.1, -0.05) is 13.8 Å². The molecule has 0 rings (SSSR count). The van der Waals surface area contributed by atoms with Gasteiger partial charge in [-0.2, -0.15) is 0 Å². The van der Waals surface area contributed by atoms with Crippen molar-refractivity contribution in [2.24, 2.45) is 5.92 Å². The van der Waals surface area contributed by atoms with Crippen molar-refractivity contribution in [1.29, 1.82) is 0 Å². The summed E-state index contributed by atoms with van der Waals surface area (Å²) < 4.78 is 137. The average Bonchev–Trinajstić information content (AvgIpc) is 3.49. The van der Waals surface area contributed by atoms with Crippen molar-refractivity contribution in [1.82, 2.24) is 0 Å². The molecule has 0 aromatic rings. The van der Waals surface area contributed by atoms with E-state index < -0.39 is 0 Å². The molecule has 0 N–H and O–H groups in total. The van der Waals surface area contributed by atoms with Crippen LogP contribution in [0.1, 0.15) is 33.6 Å². The minimum atomic E-state index is 0.0499. The van der Waals surface area contributed by atoms with E-state index in [1.165, 1.54) is 0 Å². The molecule has 0 saturated carbocycles. The molecule has 0 aromatic carbocycles. The molecule has 0 amide bonds. The lowest BCUT2D eigenvalue weighted by Gasteiger charge is -2.09. The van der Waals surface area contributed by atoms with Crippen LogP contribution in [-0.4, -0.2) is 342 Å². The van der Waals surface area contributed by atoms with Gasteiger partial charge in [-0.05, 0) is 6.92 Å². The van der Waals surface area contributed by atoms with E-state index in [-0.39, 0.29) is 17.5 Å². The van der Waals surface area contributed by atoms with Gasteiger partial charge in [0.25, 0.3) is 0 Å². The van der Waals surface area contributed by atoms with Crippen molar-refractivity contribution in [2.75, 3.05) is 330 Å². The minimum Gasteiger partial charge on any atom is -0.379 e. The first-order valence-electron chi connectivity index (χ1n) is 30.5. The Morgan fingerprint density at radius 1 is 0.176 bits per heavy atom. The number of hydrogen-bond acceptors (Lipinski definition) is 27. The maximum absolute atomic E-state index is 11.5. The summed E-state index contributed by atoms with van der Waals surface area (Å²) in [6, 6.07) is 0. The van der Waals surface area contributed by atoms with Crippen LogP contribution in [0.3, 0.4) is 0 Å². The molecule has 508 valence electrons. The summed E-state index contributed by atoms with van der Waals surface area (Å²) >= 11 is 0. The monoisotopic (exact) mass is 1240 g/mol. The van der Waals surface area contributed by atoms with Crippen LogP contribution in [0.15, 0.2) is 0 Å². The van der Waals surface area contributed by atoms with E-state index in [0.717, 1.165) is 0 Å². The summed E-state index contributed by atoms with van der Waals surface area (Å²) in [7, 11) is 0. The van der Waals surface area contributed by atoms with Crippen LogP contribution in [0.25, 0.3) is 0 Å². The van der Waals surface area contributed by atoms with Crippen LogP contribution in [0.4, 0.5) is 0 Å². The maximum Gasteiger partial charge on any atom is 0.137 e. The number of carbonyl (C=O) groups excluding carboxylic acids is 2. The zero-order valence-electron chi connectivity index (χ0n) is 52.4. The summed E-state index contributed by atoms with van der Waals surface area (Å²) in [4.78, 5) is 22.3. The Bertz CT molecular complexity index is 1270. The molecule has 0 spiro atoms. The normalized spacial score (nSPS) is 11.8. The Kier molecular flexibility index (Phi) is 75.1. The van der Waals surface area contributed by atoms with Gasteiger partial charge in [0.2, 0.25) is 0 Å². The molecule has 85 heavy (non-hydrogen) atoms. The highest BCUT2D eigenvalue weighted by atomic mass is 16.6. The van der Waals surface area contributed by atoms with E-state index in [2.05, 4.69) is 0 Å². The summed E-state index contributed by atoms with van der Waals surface area (Å²) in [6.07, 6.45) is 0.879. The molecule has 0 aliphatic heterocycles. The molecular weight excluding hydrogens is 1130 g/mol. The fourth-order valence-electron chi connectivity index (χ4n) is 6.06. The molecule has 0 heterocycles. The Hall–Kier alpha value is -1.66. The largest absolute Gasteiger partial charge is 0.379 e. The van der Waals surface area contributed by atoms with E-state index in [4.69, 9.17) is 118 Å². The molecule has 0 aliphatic rings. The molecule has 0 unspecified atom stereocenters. The predicted octanol–water partition coefficient (Wildman–Crippen LogP) is 2.00. The van der Waals surface area contributed by atoms with Crippen LogP contribution >= 0.6 is 0 Å². The van der Waals surface area contributed by atoms with Crippen molar-refractivity contribution in [3.8, 4) is 0 Å². The molecule has 0 bridgehead atoms. The second kappa shape index (κ2) is 76.6. The standard InChI is InChI=1S/C58H114O27/c1-56(2)58(60)5-7-62-9-11-64-13-15-66-17-19-68-21-23-70-25-27-72-29-31-74-33-35-76-37-39-78-41-43-80-45-47-82-49-51-84-53-55-85-54-52-83-50-48-81-46-44-79-42-40-77-38-36-75-34-32-73-30-28-71-26-24-69-22-20-67-18-16-65-14-12-63-10-8-61-6-4-57(3)59/h56H,4-55H2,1-3H3. The Labute approximate surface area is 508 Å². The first-order chi connectivity index (χ1) is 42.0. The Morgan fingerprint density at radius 3 is 0.365 bits per heavy atom. The zero-order chi connectivity index (χ0) is 61.2. The highest BCUT2D eigenvalue weighted by Crippen LogP contribution is 1.99. The van der Waals surface area contributed by atoms with Crippen molar-refractivity contribution >= 4 is 11.6 Å². The van der Waals surface area contributed by atoms with Crippen LogP contribution in [0.2, 0.25) is 0 Å². The van der Waals surface area contributed by atoms with Crippen molar-refractivity contribution < 1.29 is 128 Å². The molecule has 0 aromatic heterocycles. The lowest BCUT2D eigenvalue weighted by atomic mass is 10.1. The topological polar surface area (TPSA) is 265 Å². The van der Waals surface area contributed by atoms with Gasteiger partial charge >= 0.3 is 0 Å². The van der Waals surface area contributed by atoms with E-state index in [9.17, 15) is 9.59 Å². The molecule has 27 nitrogen and oxygen atoms in total. The summed E-state index contributed by atoms with van der Waals surface area (Å²) in [6.45, 7) is 29.4. The van der Waals surface area contributed by atoms with E-state index in [1.54, 1.807) is 6.92 Å². The SMILES string of the molecule is CC(=O)CCOCCOCCOCCOCCOCCOCCOCCOCCOCCOCCOCCOCCOCCOCCOCCOCCOCCOCCOCCOCCOCCOCCOCCOCCOCCC(=O)C(C)C. The Morgan fingerprint density at radius 2 is 0.271 bits per heavy atom. The molecule has 0 saturated heterocycles. The van der Waals surface area contributed by atoms with E-state index in [1.807, 2.05) is 13.8 Å². The lowest BCUT2D eigenvalue weighted by Crippen LogP contribution is -2.16. The van der Waals surface area contributed by atoms with Gasteiger partial charge in [0.1, 0.15) is 11.6 Å². The summed E-state index contributed by atoms with van der Waals surface area (Å²) in [5.74, 6) is 0.382. The number of ketones is 2. The number of rotatable bonds is 79. The average molecular weight is 1240 g/mol. The second-order valence-electron chi connectivity index (χ2n) is 18.1. The molecule has 0 fully saturated rings. The van der Waals surface area contributed by atoms with Crippen molar-refractivity contribution in [3.05, 3.63) is 0 Å². The molecule has 0 atom stereocenters. The van der Waals surface area contributed by atoms with E-state index >= 15 is 0 Å². The molecule has 0 radical (unpaired) electrons. The van der Waals surface area contributed by atoms with Gasteiger partial charge in [-0.15, -0.1) is 0 Å². The van der Waals surface area contributed by atoms with Crippen molar-refractivity contribution in [2.45, 2.75) is 33.6 Å². The second-order valence-corrected chi connectivity index (χ2v) is 18.1. The molecular formula is C58H114O27. The number of Topliss-reactive ketones (excluding diaryl/α,β-unsaturated/α-hetero) is 2. The van der Waals surface area contributed by atoms with Crippen LogP contribution in [-0.2, 0) is 128 Å². The fourth-order valence-corrected chi connectivity index (χ4v) is 6.06. The van der Waals surface area contributed by atoms with E-state index in [0.29, 0.717) is 343 Å². The number of carbonyl (C=O) groups is 2. The fraction of sp³-hybridized carbons (Fsp3) is 0.966. The van der Waals surface area contributed by atoms with Gasteiger partial charge in [-0.25, -0.2) is 0 Å². The van der Waals surface area contributed by atoms with Gasteiger partial charge in [-0.3, -0.25) is 9.59 Å². The van der Waals surface area contributed by atoms with Gasteiger partial charge in [0.15, 0.2) is 0 Å². The third-order valence-corrected chi connectivity index (χ3v) is 10.7. The van der Waals surface area contributed by atoms with Crippen LogP contribution in [0.5, 0.6) is 0 Å². The van der Waals surface area contributed by atoms with Crippen molar-refractivity contribution in [3.63, 3.8) is 0 Å². The zero-order valence-corrected chi connectivity index (χ0v) is 52.4. The summed E-state index contributed by atoms with van der Waals surface area (Å²) in [5, 5.41) is 0. The first-order valence-corrected chi connectivity index (χ1v) is 30.5. The Balaban J connectivity index is 3.09. The number of hydrogen-bond donors (Lipinski definition) is 0. The molecule has 27 heteroatoms. The lowest BCUT2D eigenvalue weighted by molar-refractivity contribution is -0.123.